The highest BCUT2D eigenvalue weighted by molar-refractivity contribution is 5.23. The Kier molecular flexibility index (Phi) is 7.68. The van der Waals surface area contributed by atoms with Gasteiger partial charge in [0.2, 0.25) is 0 Å². The molecule has 1 aromatic heterocycles. The molecular formula is C20H36N2O2. The Hall–Kier alpha value is -1.13. The van der Waals surface area contributed by atoms with Crippen molar-refractivity contribution in [2.75, 3.05) is 6.61 Å². The highest BCUT2D eigenvalue weighted by Crippen LogP contribution is 2.25. The van der Waals surface area contributed by atoms with Crippen molar-refractivity contribution in [2.24, 2.45) is 17.1 Å². The van der Waals surface area contributed by atoms with E-state index in [4.69, 9.17) is 10.5 Å². The van der Waals surface area contributed by atoms with Gasteiger partial charge in [-0.25, -0.2) is 0 Å². The van der Waals surface area contributed by atoms with Gasteiger partial charge in [0.05, 0.1) is 12.2 Å². The first-order valence-corrected chi connectivity index (χ1v) is 9.11. The Morgan fingerprint density at radius 1 is 1.29 bits per heavy atom. The summed E-state index contributed by atoms with van der Waals surface area (Å²) in [5.74, 6) is 1.26. The molecular weight excluding hydrogens is 300 g/mol. The fraction of sp³-hybridized carbons (Fsp3) is 0.750. The molecule has 3 N–H and O–H groups in total. The Bertz CT molecular complexity index is 498. The van der Waals surface area contributed by atoms with E-state index in [1.807, 2.05) is 12.1 Å². The molecule has 0 aliphatic rings. The van der Waals surface area contributed by atoms with E-state index in [1.54, 1.807) is 13.1 Å². The van der Waals surface area contributed by atoms with Gasteiger partial charge in [0, 0.05) is 30.4 Å². The number of hydrogen-bond acceptors (Lipinski definition) is 4. The highest BCUT2D eigenvalue weighted by atomic mass is 16.5. The van der Waals surface area contributed by atoms with E-state index in [2.05, 4.69) is 39.6 Å². The summed E-state index contributed by atoms with van der Waals surface area (Å²) in [4.78, 5) is 4.36. The highest BCUT2D eigenvalue weighted by Gasteiger charge is 2.30. The molecule has 1 rings (SSSR count). The first kappa shape index (κ1) is 20.9. The normalized spacial score (nSPS) is 16.0. The second kappa shape index (κ2) is 8.82. The summed E-state index contributed by atoms with van der Waals surface area (Å²) in [7, 11) is 0. The molecule has 0 aliphatic heterocycles. The van der Waals surface area contributed by atoms with Crippen LogP contribution in [-0.4, -0.2) is 28.3 Å². The molecule has 1 aromatic rings. The van der Waals surface area contributed by atoms with Crippen LogP contribution in [0.15, 0.2) is 18.3 Å². The second-order valence-corrected chi connectivity index (χ2v) is 8.37. The SMILES string of the molecule is CCC(C)(C)CCOc1ccnc(CC(C)(O)[C@@H](N)CC(C)C)c1. The summed E-state index contributed by atoms with van der Waals surface area (Å²) in [6.07, 6.45) is 5.10. The lowest BCUT2D eigenvalue weighted by atomic mass is 9.86. The zero-order chi connectivity index (χ0) is 18.4. The van der Waals surface area contributed by atoms with Gasteiger partial charge in [-0.1, -0.05) is 41.0 Å². The second-order valence-electron chi connectivity index (χ2n) is 8.37. The van der Waals surface area contributed by atoms with Crippen molar-refractivity contribution in [3.63, 3.8) is 0 Å². The lowest BCUT2D eigenvalue weighted by molar-refractivity contribution is 0.0254. The van der Waals surface area contributed by atoms with Gasteiger partial charge < -0.3 is 15.6 Å². The molecule has 0 spiro atoms. The van der Waals surface area contributed by atoms with Crippen LogP contribution in [0.4, 0.5) is 0 Å². The minimum absolute atomic E-state index is 0.269. The molecule has 0 bridgehead atoms. The minimum atomic E-state index is -0.972. The Labute approximate surface area is 147 Å². The average molecular weight is 337 g/mol. The van der Waals surface area contributed by atoms with E-state index in [1.165, 1.54) is 0 Å². The maximum Gasteiger partial charge on any atom is 0.122 e. The maximum absolute atomic E-state index is 10.7. The smallest absolute Gasteiger partial charge is 0.122 e. The Morgan fingerprint density at radius 3 is 2.54 bits per heavy atom. The standard InChI is InChI=1S/C20H36N2O2/c1-7-19(4,5)9-11-24-17-8-10-22-16(13-17)14-20(6,23)18(21)12-15(2)3/h8,10,13,15,18,23H,7,9,11-12,14,21H2,1-6H3/t18-,20?/m0/s1. The molecule has 0 aromatic carbocycles. The molecule has 138 valence electrons. The molecule has 2 atom stereocenters. The topological polar surface area (TPSA) is 68.4 Å². The largest absolute Gasteiger partial charge is 0.493 e. The summed E-state index contributed by atoms with van der Waals surface area (Å²) in [6.45, 7) is 13.4. The summed E-state index contributed by atoms with van der Waals surface area (Å²) in [5, 5.41) is 10.7. The lowest BCUT2D eigenvalue weighted by Gasteiger charge is -2.31. The van der Waals surface area contributed by atoms with Gasteiger partial charge in [0.1, 0.15) is 5.75 Å². The van der Waals surface area contributed by atoms with Crippen molar-refractivity contribution in [2.45, 2.75) is 78.9 Å². The summed E-state index contributed by atoms with van der Waals surface area (Å²) < 4.78 is 5.87. The van der Waals surface area contributed by atoms with Crippen molar-refractivity contribution < 1.29 is 9.84 Å². The minimum Gasteiger partial charge on any atom is -0.493 e. The van der Waals surface area contributed by atoms with Crippen LogP contribution in [0.1, 0.15) is 66.5 Å². The zero-order valence-electron chi connectivity index (χ0n) is 16.3. The predicted octanol–water partition coefficient (Wildman–Crippen LogP) is 3.95. The van der Waals surface area contributed by atoms with E-state index in [0.29, 0.717) is 24.4 Å². The third-order valence-electron chi connectivity index (χ3n) is 4.86. The molecule has 4 nitrogen and oxygen atoms in total. The van der Waals surface area contributed by atoms with Gasteiger partial charge >= 0.3 is 0 Å². The number of pyridine rings is 1. The van der Waals surface area contributed by atoms with E-state index in [9.17, 15) is 5.11 Å². The van der Waals surface area contributed by atoms with Crippen LogP contribution >= 0.6 is 0 Å². The van der Waals surface area contributed by atoms with Gasteiger partial charge in [-0.2, -0.15) is 0 Å². The first-order chi connectivity index (χ1) is 11.1. The molecule has 0 aliphatic carbocycles. The third-order valence-corrected chi connectivity index (χ3v) is 4.86. The number of ether oxygens (including phenoxy) is 1. The summed E-state index contributed by atoms with van der Waals surface area (Å²) in [5.41, 5.74) is 6.31. The number of aromatic nitrogens is 1. The molecule has 1 heterocycles. The van der Waals surface area contributed by atoms with Crippen molar-refractivity contribution >= 4 is 0 Å². The molecule has 0 amide bonds. The molecule has 0 saturated carbocycles. The quantitative estimate of drug-likeness (QED) is 0.679. The maximum atomic E-state index is 10.7. The molecule has 0 fully saturated rings. The predicted molar refractivity (Wildman–Crippen MR) is 100 cm³/mol. The fourth-order valence-corrected chi connectivity index (χ4v) is 2.52. The van der Waals surface area contributed by atoms with Crippen LogP contribution in [0.5, 0.6) is 5.75 Å². The Balaban J connectivity index is 2.64. The number of rotatable bonds is 10. The van der Waals surface area contributed by atoms with Crippen LogP contribution in [0.2, 0.25) is 0 Å². The van der Waals surface area contributed by atoms with Crippen LogP contribution in [0.25, 0.3) is 0 Å². The number of nitrogens with two attached hydrogens (primary N) is 1. The van der Waals surface area contributed by atoms with Gasteiger partial charge in [0.25, 0.3) is 0 Å². The van der Waals surface area contributed by atoms with E-state index >= 15 is 0 Å². The molecule has 4 heteroatoms. The Morgan fingerprint density at radius 2 is 1.96 bits per heavy atom. The van der Waals surface area contributed by atoms with E-state index in [-0.39, 0.29) is 6.04 Å². The fourth-order valence-electron chi connectivity index (χ4n) is 2.52. The van der Waals surface area contributed by atoms with Gasteiger partial charge in [-0.3, -0.25) is 4.98 Å². The van der Waals surface area contributed by atoms with Gasteiger partial charge in [0.15, 0.2) is 0 Å². The number of nitrogens with zero attached hydrogens (tertiary/aromatic N) is 1. The van der Waals surface area contributed by atoms with Crippen LogP contribution in [0.3, 0.4) is 0 Å². The van der Waals surface area contributed by atoms with Crippen molar-refractivity contribution in [3.05, 3.63) is 24.0 Å². The molecule has 24 heavy (non-hydrogen) atoms. The summed E-state index contributed by atoms with van der Waals surface area (Å²) in [6, 6.07) is 3.51. The molecule has 0 radical (unpaired) electrons. The van der Waals surface area contributed by atoms with Crippen molar-refractivity contribution in [3.8, 4) is 5.75 Å². The first-order valence-electron chi connectivity index (χ1n) is 9.11. The van der Waals surface area contributed by atoms with Crippen LogP contribution < -0.4 is 10.5 Å². The summed E-state index contributed by atoms with van der Waals surface area (Å²) >= 11 is 0. The molecule has 1 unspecified atom stereocenters. The van der Waals surface area contributed by atoms with E-state index < -0.39 is 5.60 Å². The van der Waals surface area contributed by atoms with Crippen molar-refractivity contribution in [1.82, 2.24) is 4.98 Å². The number of aliphatic hydroxyl groups is 1. The van der Waals surface area contributed by atoms with Gasteiger partial charge in [-0.05, 0) is 37.2 Å². The van der Waals surface area contributed by atoms with Crippen LogP contribution in [0, 0.1) is 11.3 Å². The lowest BCUT2D eigenvalue weighted by Crippen LogP contribution is -2.48. The number of hydrogen-bond donors (Lipinski definition) is 2. The van der Waals surface area contributed by atoms with E-state index in [0.717, 1.165) is 30.7 Å². The third kappa shape index (κ3) is 7.18. The van der Waals surface area contributed by atoms with Crippen molar-refractivity contribution in [1.29, 1.82) is 0 Å². The van der Waals surface area contributed by atoms with Crippen LogP contribution in [-0.2, 0) is 6.42 Å². The van der Waals surface area contributed by atoms with Gasteiger partial charge in [-0.15, -0.1) is 0 Å². The monoisotopic (exact) mass is 336 g/mol. The zero-order valence-corrected chi connectivity index (χ0v) is 16.3. The molecule has 0 saturated heterocycles. The average Bonchev–Trinajstić information content (AvgIpc) is 2.46.